The fourth-order valence-corrected chi connectivity index (χ4v) is 2.96. The number of hydrogen-bond donors (Lipinski definition) is 3. The minimum Gasteiger partial charge on any atom is -0.508 e. The van der Waals surface area contributed by atoms with Crippen LogP contribution in [-0.2, 0) is 11.8 Å². The molecule has 1 heterocycles. The second-order valence-electron chi connectivity index (χ2n) is 5.56. The van der Waals surface area contributed by atoms with E-state index in [1.54, 1.807) is 0 Å². The molecule has 8 nitrogen and oxygen atoms in total. The molecule has 27 heavy (non-hydrogen) atoms. The monoisotopic (exact) mass is 383 g/mol. The first-order valence-corrected chi connectivity index (χ1v) is 8.94. The number of nitrogens with zero attached hydrogens (tertiary/aromatic N) is 4. The highest BCUT2D eigenvalue weighted by Crippen LogP contribution is 2.22. The highest BCUT2D eigenvalue weighted by Gasteiger charge is 2.12. The number of aromatic hydroxyl groups is 2. The van der Waals surface area contributed by atoms with Crippen molar-refractivity contribution in [2.45, 2.75) is 5.16 Å². The molecule has 0 saturated carbocycles. The number of benzene rings is 2. The van der Waals surface area contributed by atoms with Crippen molar-refractivity contribution < 1.29 is 15.0 Å². The molecule has 0 radical (unpaired) electrons. The molecule has 3 N–H and O–H groups in total. The third-order valence-electron chi connectivity index (χ3n) is 3.61. The summed E-state index contributed by atoms with van der Waals surface area (Å²) in [6.07, 6.45) is 1.30. The Bertz CT molecular complexity index is 972. The van der Waals surface area contributed by atoms with Gasteiger partial charge in [0, 0.05) is 24.2 Å². The Balaban J connectivity index is 1.55. The minimum absolute atomic E-state index is 0.0522. The summed E-state index contributed by atoms with van der Waals surface area (Å²) in [5, 5.41) is 31.6. The topological polar surface area (TPSA) is 113 Å². The predicted molar refractivity (Wildman–Crippen MR) is 103 cm³/mol. The quantitative estimate of drug-likeness (QED) is 0.341. The maximum atomic E-state index is 11.9. The first-order valence-electron chi connectivity index (χ1n) is 7.96. The van der Waals surface area contributed by atoms with Gasteiger partial charge < -0.3 is 14.8 Å². The zero-order valence-electron chi connectivity index (χ0n) is 14.4. The van der Waals surface area contributed by atoms with E-state index in [2.05, 4.69) is 20.7 Å². The minimum atomic E-state index is -0.321. The molecule has 3 rings (SSSR count). The van der Waals surface area contributed by atoms with Gasteiger partial charge in [0.25, 0.3) is 5.91 Å². The van der Waals surface area contributed by atoms with Crippen LogP contribution in [0.25, 0.3) is 11.4 Å². The van der Waals surface area contributed by atoms with E-state index >= 15 is 0 Å². The SMILES string of the molecule is Cn1c(SCC(=O)NN=Cc2ccc(O)cc2O)nnc1-c1ccccc1. The van der Waals surface area contributed by atoms with Gasteiger partial charge in [-0.15, -0.1) is 10.2 Å². The van der Waals surface area contributed by atoms with Gasteiger partial charge in [0.2, 0.25) is 0 Å². The number of thioether (sulfide) groups is 1. The number of phenolic OH excluding ortho intramolecular Hbond substituents is 2. The van der Waals surface area contributed by atoms with Crippen LogP contribution in [0.4, 0.5) is 0 Å². The molecule has 2 aromatic carbocycles. The third-order valence-corrected chi connectivity index (χ3v) is 4.63. The van der Waals surface area contributed by atoms with E-state index in [4.69, 9.17) is 0 Å². The maximum absolute atomic E-state index is 11.9. The summed E-state index contributed by atoms with van der Waals surface area (Å²) in [7, 11) is 1.84. The summed E-state index contributed by atoms with van der Waals surface area (Å²) in [6, 6.07) is 13.8. The lowest BCUT2D eigenvalue weighted by Crippen LogP contribution is -2.19. The average molecular weight is 383 g/mol. The van der Waals surface area contributed by atoms with Gasteiger partial charge in [0.1, 0.15) is 11.5 Å². The molecule has 9 heteroatoms. The number of amides is 1. The van der Waals surface area contributed by atoms with Crippen LogP contribution < -0.4 is 5.43 Å². The molecular formula is C18H17N5O3S. The van der Waals surface area contributed by atoms with E-state index in [9.17, 15) is 15.0 Å². The Morgan fingerprint density at radius 3 is 2.74 bits per heavy atom. The summed E-state index contributed by atoms with van der Waals surface area (Å²) in [5.74, 6) is 0.330. The molecule has 0 aliphatic carbocycles. The fraction of sp³-hybridized carbons (Fsp3) is 0.111. The van der Waals surface area contributed by atoms with Crippen molar-refractivity contribution in [1.29, 1.82) is 0 Å². The highest BCUT2D eigenvalue weighted by atomic mass is 32.2. The molecule has 3 aromatic rings. The van der Waals surface area contributed by atoms with Crippen LogP contribution in [-0.4, -0.2) is 42.9 Å². The van der Waals surface area contributed by atoms with Gasteiger partial charge in [0.15, 0.2) is 11.0 Å². The van der Waals surface area contributed by atoms with Gasteiger partial charge in [-0.3, -0.25) is 4.79 Å². The van der Waals surface area contributed by atoms with Crippen LogP contribution in [0.3, 0.4) is 0 Å². The standard InChI is InChI=1S/C18H17N5O3S/c1-23-17(12-5-3-2-4-6-12)21-22-18(23)27-11-16(26)20-19-10-13-7-8-14(24)9-15(13)25/h2-10,24-25H,11H2,1H3,(H,20,26). The Labute approximate surface area is 159 Å². The number of carbonyl (C=O) groups excluding carboxylic acids is 1. The molecule has 0 unspecified atom stereocenters. The Hall–Kier alpha value is -3.33. The summed E-state index contributed by atoms with van der Waals surface area (Å²) < 4.78 is 1.82. The lowest BCUT2D eigenvalue weighted by molar-refractivity contribution is -0.118. The van der Waals surface area contributed by atoms with Crippen LogP contribution in [0.1, 0.15) is 5.56 Å². The number of carbonyl (C=O) groups is 1. The van der Waals surface area contributed by atoms with Crippen molar-refractivity contribution in [1.82, 2.24) is 20.2 Å². The first kappa shape index (κ1) is 18.5. The summed E-state index contributed by atoms with van der Waals surface area (Å²) in [5.41, 5.74) is 3.70. The van der Waals surface area contributed by atoms with Crippen molar-refractivity contribution in [3.8, 4) is 22.9 Å². The lowest BCUT2D eigenvalue weighted by atomic mass is 10.2. The summed E-state index contributed by atoms with van der Waals surface area (Å²) in [6.45, 7) is 0. The van der Waals surface area contributed by atoms with Crippen molar-refractivity contribution in [3.05, 3.63) is 54.1 Å². The molecule has 0 aliphatic heterocycles. The molecule has 0 fully saturated rings. The van der Waals surface area contributed by atoms with Crippen molar-refractivity contribution in [2.24, 2.45) is 12.1 Å². The Morgan fingerprint density at radius 2 is 2.00 bits per heavy atom. The second-order valence-corrected chi connectivity index (χ2v) is 6.50. The van der Waals surface area contributed by atoms with Gasteiger partial charge >= 0.3 is 0 Å². The van der Waals surface area contributed by atoms with Crippen molar-refractivity contribution in [3.63, 3.8) is 0 Å². The molecular weight excluding hydrogens is 366 g/mol. The average Bonchev–Trinajstić information content (AvgIpc) is 3.03. The van der Waals surface area contributed by atoms with E-state index in [0.29, 0.717) is 10.7 Å². The van der Waals surface area contributed by atoms with Gasteiger partial charge in [-0.25, -0.2) is 5.43 Å². The predicted octanol–water partition coefficient (Wildman–Crippen LogP) is 2.14. The number of nitrogens with one attached hydrogen (secondary N) is 1. The zero-order valence-corrected chi connectivity index (χ0v) is 15.2. The van der Waals surface area contributed by atoms with Crippen molar-refractivity contribution in [2.75, 3.05) is 5.75 Å². The van der Waals surface area contributed by atoms with Crippen LogP contribution >= 0.6 is 11.8 Å². The number of hydrazone groups is 1. The number of rotatable bonds is 6. The molecule has 0 aliphatic rings. The van der Waals surface area contributed by atoms with E-state index in [0.717, 1.165) is 11.4 Å². The van der Waals surface area contributed by atoms with Gasteiger partial charge in [-0.1, -0.05) is 42.1 Å². The smallest absolute Gasteiger partial charge is 0.250 e. The molecule has 1 amide bonds. The first-order chi connectivity index (χ1) is 13.0. The van der Waals surface area contributed by atoms with E-state index in [1.165, 1.54) is 36.2 Å². The molecule has 138 valence electrons. The summed E-state index contributed by atoms with van der Waals surface area (Å²) >= 11 is 1.24. The largest absolute Gasteiger partial charge is 0.508 e. The van der Waals surface area contributed by atoms with Crippen LogP contribution in [0, 0.1) is 0 Å². The van der Waals surface area contributed by atoms with Gasteiger partial charge in [0.05, 0.1) is 12.0 Å². The molecule has 0 atom stereocenters. The fourth-order valence-electron chi connectivity index (χ4n) is 2.26. The number of aromatic nitrogens is 3. The Morgan fingerprint density at radius 1 is 1.22 bits per heavy atom. The van der Waals surface area contributed by atoms with Gasteiger partial charge in [-0.05, 0) is 12.1 Å². The van der Waals surface area contributed by atoms with E-state index in [-0.39, 0.29) is 23.2 Å². The maximum Gasteiger partial charge on any atom is 0.250 e. The molecule has 1 aromatic heterocycles. The molecule has 0 bridgehead atoms. The summed E-state index contributed by atoms with van der Waals surface area (Å²) in [4.78, 5) is 11.9. The van der Waals surface area contributed by atoms with Crippen LogP contribution in [0.2, 0.25) is 0 Å². The highest BCUT2D eigenvalue weighted by molar-refractivity contribution is 7.99. The normalized spacial score (nSPS) is 11.0. The molecule has 0 spiro atoms. The Kier molecular flexibility index (Phi) is 5.72. The van der Waals surface area contributed by atoms with Gasteiger partial charge in [-0.2, -0.15) is 5.10 Å². The van der Waals surface area contributed by atoms with E-state index < -0.39 is 0 Å². The third kappa shape index (κ3) is 4.64. The lowest BCUT2D eigenvalue weighted by Gasteiger charge is -2.03. The number of phenols is 2. The van der Waals surface area contributed by atoms with Crippen molar-refractivity contribution >= 4 is 23.9 Å². The number of hydrogen-bond acceptors (Lipinski definition) is 7. The molecule has 0 saturated heterocycles. The second kappa shape index (κ2) is 8.37. The zero-order chi connectivity index (χ0) is 19.2. The van der Waals surface area contributed by atoms with Crippen LogP contribution in [0.5, 0.6) is 11.5 Å². The van der Waals surface area contributed by atoms with Crippen LogP contribution in [0.15, 0.2) is 58.8 Å². The van der Waals surface area contributed by atoms with E-state index in [1.807, 2.05) is 41.9 Å².